The molecular weight excluding hydrogens is 395 g/mol. The van der Waals surface area contributed by atoms with E-state index in [9.17, 15) is 13.2 Å². The fourth-order valence-corrected chi connectivity index (χ4v) is 3.41. The van der Waals surface area contributed by atoms with Crippen LogP contribution in [0.4, 0.5) is 13.2 Å². The van der Waals surface area contributed by atoms with Crippen LogP contribution < -0.4 is 10.1 Å². The van der Waals surface area contributed by atoms with Gasteiger partial charge in [0.1, 0.15) is 18.2 Å². The Hall–Kier alpha value is -2.84. The molecule has 0 radical (unpaired) electrons. The second kappa shape index (κ2) is 8.49. The van der Waals surface area contributed by atoms with Gasteiger partial charge >= 0.3 is 6.18 Å². The Bertz CT molecular complexity index is 982. The highest BCUT2D eigenvalue weighted by Crippen LogP contribution is 2.29. The number of rotatable bonds is 6. The molecule has 1 N–H and O–H groups in total. The Labute approximate surface area is 172 Å². The van der Waals surface area contributed by atoms with E-state index in [2.05, 4.69) is 14.9 Å². The minimum absolute atomic E-state index is 0.0372. The molecule has 1 unspecified atom stereocenters. The summed E-state index contributed by atoms with van der Waals surface area (Å²) in [7, 11) is 1.63. The van der Waals surface area contributed by atoms with Crippen molar-refractivity contribution in [2.45, 2.75) is 32.0 Å². The van der Waals surface area contributed by atoms with E-state index in [4.69, 9.17) is 9.47 Å². The van der Waals surface area contributed by atoms with Crippen LogP contribution >= 0.6 is 0 Å². The van der Waals surface area contributed by atoms with Gasteiger partial charge in [-0.25, -0.2) is 4.98 Å². The molecule has 2 aromatic carbocycles. The topological polar surface area (TPSA) is 48.3 Å². The molecule has 0 bridgehead atoms. The molecule has 0 saturated carbocycles. The van der Waals surface area contributed by atoms with Crippen LogP contribution in [0.25, 0.3) is 11.3 Å². The van der Waals surface area contributed by atoms with Crippen molar-refractivity contribution < 1.29 is 22.6 Å². The Morgan fingerprint density at radius 1 is 1.13 bits per heavy atom. The number of alkyl halides is 3. The molecule has 0 aliphatic carbocycles. The zero-order chi connectivity index (χ0) is 21.1. The van der Waals surface area contributed by atoms with Crippen LogP contribution in [0.5, 0.6) is 5.75 Å². The van der Waals surface area contributed by atoms with Crippen LogP contribution in [0.3, 0.4) is 0 Å². The minimum Gasteiger partial charge on any atom is -0.497 e. The number of nitrogens with one attached hydrogen (secondary N) is 1. The summed E-state index contributed by atoms with van der Waals surface area (Å²) in [4.78, 5) is 4.65. The summed E-state index contributed by atoms with van der Waals surface area (Å²) in [6.07, 6.45) is -2.33. The second-order valence-corrected chi connectivity index (χ2v) is 7.18. The summed E-state index contributed by atoms with van der Waals surface area (Å²) in [6, 6.07) is 12.9. The first kappa shape index (κ1) is 20.4. The number of hydrogen-bond acceptors (Lipinski definition) is 4. The highest BCUT2D eigenvalue weighted by molar-refractivity contribution is 5.59. The largest absolute Gasteiger partial charge is 0.497 e. The third kappa shape index (κ3) is 4.66. The van der Waals surface area contributed by atoms with Gasteiger partial charge in [0.2, 0.25) is 0 Å². The zero-order valence-electron chi connectivity index (χ0n) is 16.4. The summed E-state index contributed by atoms with van der Waals surface area (Å²) in [5.74, 6) is 1.67. The third-order valence-electron chi connectivity index (χ3n) is 5.08. The van der Waals surface area contributed by atoms with Crippen molar-refractivity contribution in [1.29, 1.82) is 0 Å². The van der Waals surface area contributed by atoms with Gasteiger partial charge in [0, 0.05) is 24.8 Å². The molecule has 5 nitrogen and oxygen atoms in total. The Morgan fingerprint density at radius 2 is 1.87 bits per heavy atom. The van der Waals surface area contributed by atoms with Crippen LogP contribution in [0.2, 0.25) is 0 Å². The monoisotopic (exact) mass is 417 g/mol. The molecule has 0 fully saturated rings. The molecule has 2 heterocycles. The summed E-state index contributed by atoms with van der Waals surface area (Å²) in [5.41, 5.74) is 2.05. The van der Waals surface area contributed by atoms with E-state index >= 15 is 0 Å². The number of aromatic nitrogens is 2. The average molecular weight is 417 g/mol. The minimum atomic E-state index is -4.31. The normalized spacial score (nSPS) is 16.3. The number of benzene rings is 2. The van der Waals surface area contributed by atoms with Crippen LogP contribution in [-0.2, 0) is 30.6 Å². The van der Waals surface area contributed by atoms with Crippen LogP contribution in [-0.4, -0.2) is 29.3 Å². The van der Waals surface area contributed by atoms with Crippen molar-refractivity contribution >= 4 is 0 Å². The van der Waals surface area contributed by atoms with E-state index < -0.39 is 11.7 Å². The SMILES string of the molecule is COc1ccc(-c2cn3c(n2)COC(CNCc2ccc(C(F)(F)F)cc2)C3)cc1. The standard InChI is InChI=1S/C22H22F3N3O2/c1-29-18-8-4-16(5-9-18)20-13-28-12-19(30-14-21(28)27-20)11-26-10-15-2-6-17(7-3-15)22(23,24)25/h2-9,13,19,26H,10-12,14H2,1H3. The molecule has 4 rings (SSSR count). The smallest absolute Gasteiger partial charge is 0.416 e. The molecule has 1 aromatic heterocycles. The van der Waals surface area contributed by atoms with E-state index in [1.54, 1.807) is 7.11 Å². The number of halogens is 3. The summed E-state index contributed by atoms with van der Waals surface area (Å²) < 4.78 is 51.1. The van der Waals surface area contributed by atoms with Crippen molar-refractivity contribution in [3.8, 4) is 17.0 Å². The highest BCUT2D eigenvalue weighted by Gasteiger charge is 2.29. The van der Waals surface area contributed by atoms with Crippen molar-refractivity contribution in [1.82, 2.24) is 14.9 Å². The predicted molar refractivity (Wildman–Crippen MR) is 106 cm³/mol. The number of imidazole rings is 1. The van der Waals surface area contributed by atoms with Gasteiger partial charge in [-0.2, -0.15) is 13.2 Å². The molecule has 0 spiro atoms. The molecule has 1 aliphatic rings. The molecule has 0 amide bonds. The van der Waals surface area contributed by atoms with Gasteiger partial charge in [-0.05, 0) is 42.0 Å². The first-order valence-electron chi connectivity index (χ1n) is 9.61. The average Bonchev–Trinajstić information content (AvgIpc) is 3.17. The fraction of sp³-hybridized carbons (Fsp3) is 0.318. The van der Waals surface area contributed by atoms with E-state index in [0.717, 1.165) is 40.5 Å². The lowest BCUT2D eigenvalue weighted by Gasteiger charge is -2.24. The quantitative estimate of drug-likeness (QED) is 0.651. The van der Waals surface area contributed by atoms with E-state index in [-0.39, 0.29) is 6.10 Å². The first-order valence-corrected chi connectivity index (χ1v) is 9.61. The van der Waals surface area contributed by atoms with Gasteiger partial charge in [0.05, 0.1) is 31.0 Å². The van der Waals surface area contributed by atoms with Crippen molar-refractivity contribution in [2.24, 2.45) is 0 Å². The molecule has 8 heteroatoms. The highest BCUT2D eigenvalue weighted by atomic mass is 19.4. The maximum absolute atomic E-state index is 12.6. The Morgan fingerprint density at radius 3 is 2.53 bits per heavy atom. The zero-order valence-corrected chi connectivity index (χ0v) is 16.4. The molecule has 30 heavy (non-hydrogen) atoms. The summed E-state index contributed by atoms with van der Waals surface area (Å²) in [6.45, 7) is 2.16. The molecule has 0 saturated heterocycles. The maximum atomic E-state index is 12.6. The number of methoxy groups -OCH3 is 1. The lowest BCUT2D eigenvalue weighted by atomic mass is 10.1. The second-order valence-electron chi connectivity index (χ2n) is 7.18. The number of hydrogen-bond donors (Lipinski definition) is 1. The van der Waals surface area contributed by atoms with Crippen molar-refractivity contribution in [3.63, 3.8) is 0 Å². The van der Waals surface area contributed by atoms with Crippen LogP contribution in [0, 0.1) is 0 Å². The van der Waals surface area contributed by atoms with Crippen molar-refractivity contribution in [2.75, 3.05) is 13.7 Å². The van der Waals surface area contributed by atoms with Crippen LogP contribution in [0.15, 0.2) is 54.7 Å². The molecule has 3 aromatic rings. The number of nitrogens with zero attached hydrogens (tertiary/aromatic N) is 2. The van der Waals surface area contributed by atoms with Crippen LogP contribution in [0.1, 0.15) is 17.0 Å². The Balaban J connectivity index is 1.31. The number of ether oxygens (including phenoxy) is 2. The van der Waals surface area contributed by atoms with Crippen molar-refractivity contribution in [3.05, 3.63) is 71.7 Å². The Kier molecular flexibility index (Phi) is 5.78. The third-order valence-corrected chi connectivity index (χ3v) is 5.08. The summed E-state index contributed by atoms with van der Waals surface area (Å²) in [5, 5.41) is 3.26. The van der Waals surface area contributed by atoms with Gasteiger partial charge in [-0.1, -0.05) is 12.1 Å². The fourth-order valence-electron chi connectivity index (χ4n) is 3.41. The molecular formula is C22H22F3N3O2. The van der Waals surface area contributed by atoms with E-state index in [0.29, 0.717) is 26.2 Å². The maximum Gasteiger partial charge on any atom is 0.416 e. The molecule has 1 aliphatic heterocycles. The molecule has 1 atom stereocenters. The van der Waals surface area contributed by atoms with Gasteiger partial charge in [0.15, 0.2) is 0 Å². The molecule has 158 valence electrons. The van der Waals surface area contributed by atoms with Gasteiger partial charge in [0.25, 0.3) is 0 Å². The van der Waals surface area contributed by atoms with Gasteiger partial charge in [-0.3, -0.25) is 0 Å². The van der Waals surface area contributed by atoms with Gasteiger partial charge < -0.3 is 19.4 Å². The summed E-state index contributed by atoms with van der Waals surface area (Å²) >= 11 is 0. The predicted octanol–water partition coefficient (Wildman–Crippen LogP) is 4.27. The van der Waals surface area contributed by atoms with E-state index in [1.165, 1.54) is 12.1 Å². The number of fused-ring (bicyclic) bond motifs is 1. The van der Waals surface area contributed by atoms with Gasteiger partial charge in [-0.15, -0.1) is 0 Å². The van der Waals surface area contributed by atoms with E-state index in [1.807, 2.05) is 30.5 Å². The lowest BCUT2D eigenvalue weighted by Crippen LogP contribution is -2.35. The lowest BCUT2D eigenvalue weighted by molar-refractivity contribution is -0.137. The first-order chi connectivity index (χ1) is 14.4.